The summed E-state index contributed by atoms with van der Waals surface area (Å²) in [6, 6.07) is 0. The first-order chi connectivity index (χ1) is 7.13. The van der Waals surface area contributed by atoms with E-state index in [2.05, 4.69) is 13.5 Å². The van der Waals surface area contributed by atoms with Gasteiger partial charge in [0.15, 0.2) is 0 Å². The third-order valence-electron chi connectivity index (χ3n) is 3.91. The SMILES string of the molecule is C=CCCCC1(C(=O)O)CCCCC1C. The standard InChI is InChI=1S/C13H22O2/c1-3-4-6-9-13(12(14)15)10-7-5-8-11(13)2/h3,11H,1,4-10H2,2H3,(H,14,15). The zero-order chi connectivity index (χ0) is 11.3. The van der Waals surface area contributed by atoms with E-state index >= 15 is 0 Å². The van der Waals surface area contributed by atoms with Gasteiger partial charge in [0.25, 0.3) is 0 Å². The Morgan fingerprint density at radius 3 is 2.87 bits per heavy atom. The van der Waals surface area contributed by atoms with Gasteiger partial charge in [0.2, 0.25) is 0 Å². The fourth-order valence-electron chi connectivity index (χ4n) is 2.77. The first kappa shape index (κ1) is 12.3. The van der Waals surface area contributed by atoms with Crippen molar-refractivity contribution in [3.8, 4) is 0 Å². The van der Waals surface area contributed by atoms with Crippen LogP contribution < -0.4 is 0 Å². The summed E-state index contributed by atoms with van der Waals surface area (Å²) in [5.74, 6) is -0.257. The number of allylic oxidation sites excluding steroid dienone is 1. The van der Waals surface area contributed by atoms with Crippen LogP contribution in [-0.2, 0) is 4.79 Å². The average molecular weight is 210 g/mol. The van der Waals surface area contributed by atoms with Crippen LogP contribution in [0.5, 0.6) is 0 Å². The van der Waals surface area contributed by atoms with Crippen molar-refractivity contribution in [2.75, 3.05) is 0 Å². The van der Waals surface area contributed by atoms with E-state index in [1.54, 1.807) is 0 Å². The van der Waals surface area contributed by atoms with E-state index in [4.69, 9.17) is 0 Å². The summed E-state index contributed by atoms with van der Waals surface area (Å²) < 4.78 is 0. The van der Waals surface area contributed by atoms with Gasteiger partial charge in [-0.2, -0.15) is 0 Å². The molecule has 2 nitrogen and oxygen atoms in total. The molecule has 0 saturated heterocycles. The highest BCUT2D eigenvalue weighted by molar-refractivity contribution is 5.75. The number of carboxylic acid groups (broad SMARTS) is 1. The van der Waals surface area contributed by atoms with Crippen LogP contribution in [0.2, 0.25) is 0 Å². The van der Waals surface area contributed by atoms with Gasteiger partial charge in [-0.15, -0.1) is 6.58 Å². The molecule has 0 aromatic carbocycles. The Morgan fingerprint density at radius 2 is 2.33 bits per heavy atom. The molecule has 1 saturated carbocycles. The molecule has 86 valence electrons. The summed E-state index contributed by atoms with van der Waals surface area (Å²) in [5, 5.41) is 9.43. The minimum absolute atomic E-state index is 0.327. The number of rotatable bonds is 5. The molecule has 2 unspecified atom stereocenters. The smallest absolute Gasteiger partial charge is 0.309 e. The van der Waals surface area contributed by atoms with E-state index < -0.39 is 11.4 Å². The molecular formula is C13H22O2. The highest BCUT2D eigenvalue weighted by Crippen LogP contribution is 2.45. The van der Waals surface area contributed by atoms with Gasteiger partial charge in [-0.25, -0.2) is 0 Å². The summed E-state index contributed by atoms with van der Waals surface area (Å²) in [4.78, 5) is 11.5. The number of unbranched alkanes of at least 4 members (excludes halogenated alkanes) is 1. The van der Waals surface area contributed by atoms with E-state index in [1.807, 2.05) is 6.08 Å². The molecular weight excluding hydrogens is 188 g/mol. The van der Waals surface area contributed by atoms with Crippen molar-refractivity contribution in [3.63, 3.8) is 0 Å². The van der Waals surface area contributed by atoms with Crippen molar-refractivity contribution in [2.45, 2.75) is 51.9 Å². The van der Waals surface area contributed by atoms with Crippen molar-refractivity contribution in [2.24, 2.45) is 11.3 Å². The third kappa shape index (κ3) is 2.61. The molecule has 0 aromatic heterocycles. The number of aliphatic carboxylic acids is 1. The Hall–Kier alpha value is -0.790. The quantitative estimate of drug-likeness (QED) is 0.556. The van der Waals surface area contributed by atoms with E-state index in [1.165, 1.54) is 6.42 Å². The second kappa shape index (κ2) is 5.34. The van der Waals surface area contributed by atoms with Gasteiger partial charge in [0.1, 0.15) is 0 Å². The fourth-order valence-corrected chi connectivity index (χ4v) is 2.77. The second-order valence-electron chi connectivity index (χ2n) is 4.79. The van der Waals surface area contributed by atoms with E-state index in [9.17, 15) is 9.90 Å². The Labute approximate surface area is 92.4 Å². The molecule has 2 atom stereocenters. The molecule has 0 radical (unpaired) electrons. The number of hydrogen-bond acceptors (Lipinski definition) is 1. The minimum atomic E-state index is -0.584. The minimum Gasteiger partial charge on any atom is -0.481 e. The monoisotopic (exact) mass is 210 g/mol. The molecule has 0 amide bonds. The summed E-state index contributed by atoms with van der Waals surface area (Å²) in [7, 11) is 0. The van der Waals surface area contributed by atoms with Gasteiger partial charge >= 0.3 is 5.97 Å². The maximum atomic E-state index is 11.5. The average Bonchev–Trinajstić information content (AvgIpc) is 2.21. The lowest BCUT2D eigenvalue weighted by Crippen LogP contribution is -2.39. The zero-order valence-corrected chi connectivity index (χ0v) is 9.67. The van der Waals surface area contributed by atoms with Gasteiger partial charge in [-0.05, 0) is 38.0 Å². The van der Waals surface area contributed by atoms with Crippen LogP contribution in [0.3, 0.4) is 0 Å². The summed E-state index contributed by atoms with van der Waals surface area (Å²) in [5.41, 5.74) is -0.443. The normalized spacial score (nSPS) is 31.1. The maximum Gasteiger partial charge on any atom is 0.309 e. The van der Waals surface area contributed by atoms with Crippen LogP contribution in [0, 0.1) is 11.3 Å². The number of carboxylic acids is 1. The maximum absolute atomic E-state index is 11.5. The van der Waals surface area contributed by atoms with Crippen LogP contribution in [0.25, 0.3) is 0 Å². The molecule has 0 bridgehead atoms. The van der Waals surface area contributed by atoms with Gasteiger partial charge < -0.3 is 5.11 Å². The topological polar surface area (TPSA) is 37.3 Å². The first-order valence-corrected chi connectivity index (χ1v) is 5.98. The Bertz CT molecular complexity index is 235. The molecule has 0 heterocycles. The predicted molar refractivity (Wildman–Crippen MR) is 61.7 cm³/mol. The molecule has 1 aliphatic carbocycles. The third-order valence-corrected chi connectivity index (χ3v) is 3.91. The lowest BCUT2D eigenvalue weighted by atomic mass is 9.64. The van der Waals surface area contributed by atoms with Crippen LogP contribution in [0.15, 0.2) is 12.7 Å². The number of carbonyl (C=O) groups is 1. The number of hydrogen-bond donors (Lipinski definition) is 1. The lowest BCUT2D eigenvalue weighted by Gasteiger charge is -2.39. The van der Waals surface area contributed by atoms with Crippen LogP contribution in [0.1, 0.15) is 51.9 Å². The van der Waals surface area contributed by atoms with E-state index in [0.717, 1.165) is 38.5 Å². The van der Waals surface area contributed by atoms with Gasteiger partial charge in [0, 0.05) is 0 Å². The second-order valence-corrected chi connectivity index (χ2v) is 4.79. The molecule has 2 heteroatoms. The summed E-state index contributed by atoms with van der Waals surface area (Å²) >= 11 is 0. The largest absolute Gasteiger partial charge is 0.481 e. The van der Waals surface area contributed by atoms with Crippen LogP contribution in [-0.4, -0.2) is 11.1 Å². The molecule has 0 spiro atoms. The Balaban J connectivity index is 2.67. The van der Waals surface area contributed by atoms with Crippen molar-refractivity contribution in [1.82, 2.24) is 0 Å². The zero-order valence-electron chi connectivity index (χ0n) is 9.67. The lowest BCUT2D eigenvalue weighted by molar-refractivity contribution is -0.155. The van der Waals surface area contributed by atoms with Crippen molar-refractivity contribution >= 4 is 5.97 Å². The highest BCUT2D eigenvalue weighted by atomic mass is 16.4. The van der Waals surface area contributed by atoms with Crippen molar-refractivity contribution in [1.29, 1.82) is 0 Å². The summed E-state index contributed by atoms with van der Waals surface area (Å²) in [6.45, 7) is 5.78. The van der Waals surface area contributed by atoms with E-state index in [-0.39, 0.29) is 0 Å². The fraction of sp³-hybridized carbons (Fsp3) is 0.769. The predicted octanol–water partition coefficient (Wildman–Crippen LogP) is 3.62. The molecule has 15 heavy (non-hydrogen) atoms. The van der Waals surface area contributed by atoms with Gasteiger partial charge in [-0.3, -0.25) is 4.79 Å². The summed E-state index contributed by atoms with van der Waals surface area (Å²) in [6.07, 6.45) is 8.78. The molecule has 0 aliphatic heterocycles. The Kier molecular flexibility index (Phi) is 4.37. The first-order valence-electron chi connectivity index (χ1n) is 5.98. The molecule has 1 aliphatic rings. The molecule has 1 rings (SSSR count). The van der Waals surface area contributed by atoms with Crippen LogP contribution in [0.4, 0.5) is 0 Å². The van der Waals surface area contributed by atoms with Crippen LogP contribution >= 0.6 is 0 Å². The molecule has 0 aromatic rings. The van der Waals surface area contributed by atoms with Gasteiger partial charge in [-0.1, -0.05) is 25.8 Å². The molecule has 1 fully saturated rings. The van der Waals surface area contributed by atoms with Crippen molar-refractivity contribution < 1.29 is 9.90 Å². The van der Waals surface area contributed by atoms with Gasteiger partial charge in [0.05, 0.1) is 5.41 Å². The Morgan fingerprint density at radius 1 is 1.60 bits per heavy atom. The highest BCUT2D eigenvalue weighted by Gasteiger charge is 2.44. The van der Waals surface area contributed by atoms with E-state index in [0.29, 0.717) is 5.92 Å². The van der Waals surface area contributed by atoms with Crippen molar-refractivity contribution in [3.05, 3.63) is 12.7 Å². The molecule has 1 N–H and O–H groups in total.